The van der Waals surface area contributed by atoms with Crippen LogP contribution in [0.4, 0.5) is 5.69 Å². The lowest BCUT2D eigenvalue weighted by molar-refractivity contribution is -0.123. The third-order valence-electron chi connectivity index (χ3n) is 5.31. The number of ether oxygens (including phenoxy) is 1. The van der Waals surface area contributed by atoms with Gasteiger partial charge in [-0.15, -0.1) is 0 Å². The summed E-state index contributed by atoms with van der Waals surface area (Å²) < 4.78 is 5.39. The molecule has 5 nitrogen and oxygen atoms in total. The highest BCUT2D eigenvalue weighted by Crippen LogP contribution is 2.42. The van der Waals surface area contributed by atoms with Gasteiger partial charge in [-0.05, 0) is 67.6 Å². The van der Waals surface area contributed by atoms with Gasteiger partial charge in [0.2, 0.25) is 0 Å². The van der Waals surface area contributed by atoms with Crippen molar-refractivity contribution in [3.8, 4) is 5.75 Å². The molecule has 0 saturated heterocycles. The average molecular weight is 434 g/mol. The summed E-state index contributed by atoms with van der Waals surface area (Å²) in [4.78, 5) is 14.3. The maximum absolute atomic E-state index is 12.0. The van der Waals surface area contributed by atoms with E-state index in [9.17, 15) is 4.79 Å². The van der Waals surface area contributed by atoms with E-state index in [0.717, 1.165) is 12.0 Å². The van der Waals surface area contributed by atoms with E-state index in [0.29, 0.717) is 21.7 Å². The van der Waals surface area contributed by atoms with Crippen molar-refractivity contribution in [3.63, 3.8) is 0 Å². The lowest BCUT2D eigenvalue weighted by atomic mass is 9.80. The van der Waals surface area contributed by atoms with Crippen molar-refractivity contribution in [2.24, 2.45) is 5.10 Å². The average Bonchev–Trinajstić information content (AvgIpc) is 2.65. The Morgan fingerprint density at radius 2 is 2.07 bits per heavy atom. The Labute approximate surface area is 181 Å². The number of anilines is 1. The number of nitrogens with zero attached hydrogens (tertiary/aromatic N) is 2. The van der Waals surface area contributed by atoms with Crippen LogP contribution in [0, 0.1) is 0 Å². The van der Waals surface area contributed by atoms with Gasteiger partial charge in [-0.3, -0.25) is 4.79 Å². The molecular weight excluding hydrogens is 409 g/mol. The van der Waals surface area contributed by atoms with Crippen LogP contribution in [0.2, 0.25) is 10.0 Å². The van der Waals surface area contributed by atoms with Gasteiger partial charge >= 0.3 is 0 Å². The lowest BCUT2D eigenvalue weighted by Gasteiger charge is -2.45. The van der Waals surface area contributed by atoms with Crippen molar-refractivity contribution < 1.29 is 9.53 Å². The minimum Gasteiger partial charge on any atom is -0.482 e. The summed E-state index contributed by atoms with van der Waals surface area (Å²) in [7, 11) is 2.13. The first-order chi connectivity index (χ1) is 13.7. The topological polar surface area (TPSA) is 53.9 Å². The zero-order chi connectivity index (χ0) is 21.2. The SMILES string of the molecule is CC1CC(C)(C)N(C)c2ccc(/C=N\NC(=O)COc3ccc(Cl)cc3Cl)cc21. The summed E-state index contributed by atoms with van der Waals surface area (Å²) in [6.07, 6.45) is 2.72. The Morgan fingerprint density at radius 3 is 2.79 bits per heavy atom. The van der Waals surface area contributed by atoms with Crippen LogP contribution in [0.15, 0.2) is 41.5 Å². The van der Waals surface area contributed by atoms with Crippen LogP contribution in [-0.2, 0) is 4.79 Å². The minimum atomic E-state index is -0.375. The summed E-state index contributed by atoms with van der Waals surface area (Å²) in [6, 6.07) is 11.1. The Kier molecular flexibility index (Phi) is 6.39. The van der Waals surface area contributed by atoms with Crippen LogP contribution in [0.25, 0.3) is 0 Å². The van der Waals surface area contributed by atoms with Crippen LogP contribution in [-0.4, -0.2) is 31.3 Å². The van der Waals surface area contributed by atoms with E-state index in [1.54, 1.807) is 24.4 Å². The molecule has 1 atom stereocenters. The van der Waals surface area contributed by atoms with Gasteiger partial charge in [0.15, 0.2) is 6.61 Å². The molecule has 0 aromatic heterocycles. The molecular formula is C22H25Cl2N3O2. The molecule has 2 aromatic carbocycles. The third-order valence-corrected chi connectivity index (χ3v) is 5.84. The quantitative estimate of drug-likeness (QED) is 0.517. The molecule has 2 aromatic rings. The van der Waals surface area contributed by atoms with Crippen molar-refractivity contribution in [1.29, 1.82) is 0 Å². The Bertz CT molecular complexity index is 944. The molecule has 0 radical (unpaired) electrons. The van der Waals surface area contributed by atoms with Crippen molar-refractivity contribution in [3.05, 3.63) is 57.6 Å². The predicted molar refractivity (Wildman–Crippen MR) is 120 cm³/mol. The molecule has 1 unspecified atom stereocenters. The van der Waals surface area contributed by atoms with Crippen LogP contribution in [0.1, 0.15) is 44.2 Å². The van der Waals surface area contributed by atoms with E-state index in [2.05, 4.69) is 55.4 Å². The molecule has 0 spiro atoms. The fourth-order valence-corrected chi connectivity index (χ4v) is 4.09. The molecule has 0 bridgehead atoms. The van der Waals surface area contributed by atoms with Gasteiger partial charge in [-0.25, -0.2) is 5.43 Å². The van der Waals surface area contributed by atoms with Crippen molar-refractivity contribution in [2.45, 2.75) is 38.6 Å². The van der Waals surface area contributed by atoms with Crippen LogP contribution in [0.3, 0.4) is 0 Å². The Hall–Kier alpha value is -2.24. The maximum Gasteiger partial charge on any atom is 0.277 e. The minimum absolute atomic E-state index is 0.128. The molecule has 154 valence electrons. The number of hydrogen-bond donors (Lipinski definition) is 1. The first kappa shape index (κ1) is 21.5. The summed E-state index contributed by atoms with van der Waals surface area (Å²) in [6.45, 7) is 6.57. The van der Waals surface area contributed by atoms with Gasteiger partial charge in [-0.2, -0.15) is 5.10 Å². The van der Waals surface area contributed by atoms with Crippen molar-refractivity contribution in [2.75, 3.05) is 18.6 Å². The predicted octanol–water partition coefficient (Wildman–Crippen LogP) is 5.24. The smallest absolute Gasteiger partial charge is 0.277 e. The second-order valence-electron chi connectivity index (χ2n) is 7.95. The van der Waals surface area contributed by atoms with Gasteiger partial charge in [-0.1, -0.05) is 36.2 Å². The number of carbonyl (C=O) groups is 1. The third kappa shape index (κ3) is 5.03. The standard InChI is InChI=1S/C22H25Cl2N3O2/c1-14-11-22(2,3)27(4)19-7-5-15(9-17(14)19)12-25-26-21(28)13-29-20-8-6-16(23)10-18(20)24/h5-10,12,14H,11,13H2,1-4H3,(H,26,28)/b25-12-. The first-order valence-corrected chi connectivity index (χ1v) is 10.2. The zero-order valence-electron chi connectivity index (χ0n) is 17.0. The number of fused-ring (bicyclic) bond motifs is 1. The van der Waals surface area contributed by atoms with E-state index in [4.69, 9.17) is 27.9 Å². The highest BCUT2D eigenvalue weighted by Gasteiger charge is 2.33. The summed E-state index contributed by atoms with van der Waals surface area (Å²) >= 11 is 11.9. The Balaban J connectivity index is 1.59. The van der Waals surface area contributed by atoms with Gasteiger partial charge in [0.25, 0.3) is 5.91 Å². The van der Waals surface area contributed by atoms with Gasteiger partial charge in [0.05, 0.1) is 11.2 Å². The molecule has 1 aliphatic rings. The zero-order valence-corrected chi connectivity index (χ0v) is 18.5. The highest BCUT2D eigenvalue weighted by molar-refractivity contribution is 6.35. The lowest BCUT2D eigenvalue weighted by Crippen LogP contribution is -2.45. The van der Waals surface area contributed by atoms with Crippen LogP contribution < -0.4 is 15.1 Å². The number of carbonyl (C=O) groups excluding carboxylic acids is 1. The first-order valence-electron chi connectivity index (χ1n) is 9.45. The van der Waals surface area contributed by atoms with Crippen molar-refractivity contribution >= 4 is 41.0 Å². The maximum atomic E-state index is 12.0. The fraction of sp³-hybridized carbons (Fsp3) is 0.364. The normalized spacial score (nSPS) is 17.9. The second kappa shape index (κ2) is 8.64. The second-order valence-corrected chi connectivity index (χ2v) is 8.80. The van der Waals surface area contributed by atoms with E-state index >= 15 is 0 Å². The number of nitrogens with one attached hydrogen (secondary N) is 1. The van der Waals surface area contributed by atoms with Gasteiger partial charge in [0.1, 0.15) is 5.75 Å². The molecule has 1 heterocycles. The number of amides is 1. The molecule has 0 fully saturated rings. The van der Waals surface area contributed by atoms with Gasteiger partial charge in [0, 0.05) is 23.3 Å². The Morgan fingerprint density at radius 1 is 1.31 bits per heavy atom. The van der Waals surface area contributed by atoms with Crippen LogP contribution >= 0.6 is 23.2 Å². The molecule has 7 heteroatoms. The van der Waals surface area contributed by atoms with Gasteiger partial charge < -0.3 is 9.64 Å². The number of benzene rings is 2. The molecule has 29 heavy (non-hydrogen) atoms. The van der Waals surface area contributed by atoms with Crippen LogP contribution in [0.5, 0.6) is 5.75 Å². The molecule has 0 saturated carbocycles. The summed E-state index contributed by atoms with van der Waals surface area (Å²) in [5, 5.41) is 4.90. The van der Waals surface area contributed by atoms with E-state index in [1.807, 2.05) is 6.07 Å². The van der Waals surface area contributed by atoms with E-state index in [1.165, 1.54) is 11.3 Å². The largest absolute Gasteiger partial charge is 0.482 e. The molecule has 3 rings (SSSR count). The fourth-order valence-electron chi connectivity index (χ4n) is 3.62. The monoisotopic (exact) mass is 433 g/mol. The number of hydrazone groups is 1. The summed E-state index contributed by atoms with van der Waals surface area (Å²) in [5.74, 6) is 0.475. The summed E-state index contributed by atoms with van der Waals surface area (Å²) in [5.41, 5.74) is 6.07. The molecule has 1 amide bonds. The number of rotatable bonds is 5. The number of hydrogen-bond acceptors (Lipinski definition) is 4. The molecule has 1 aliphatic heterocycles. The van der Waals surface area contributed by atoms with E-state index in [-0.39, 0.29) is 18.1 Å². The molecule has 1 N–H and O–H groups in total. The number of halogens is 2. The van der Waals surface area contributed by atoms with E-state index < -0.39 is 0 Å². The van der Waals surface area contributed by atoms with Crippen molar-refractivity contribution in [1.82, 2.24) is 5.43 Å². The highest BCUT2D eigenvalue weighted by atomic mass is 35.5. The molecule has 0 aliphatic carbocycles.